The molecule has 1 aromatic carbocycles. The molecule has 3 fully saturated rings. The van der Waals surface area contributed by atoms with Crippen molar-refractivity contribution in [2.24, 2.45) is 5.41 Å². The summed E-state index contributed by atoms with van der Waals surface area (Å²) in [7, 11) is -3.28. The Morgan fingerprint density at radius 3 is 2.76 bits per heavy atom. The number of fused-ring (bicyclic) bond motifs is 1. The zero-order chi connectivity index (χ0) is 30.0. The van der Waals surface area contributed by atoms with Gasteiger partial charge in [-0.25, -0.2) is 9.37 Å². The van der Waals surface area contributed by atoms with Crippen molar-refractivity contribution in [3.63, 3.8) is 0 Å². The molecule has 1 aromatic heterocycles. The Balaban J connectivity index is 1.55. The summed E-state index contributed by atoms with van der Waals surface area (Å²) in [4.78, 5) is 31.4. The molecule has 4 atom stereocenters. The highest BCUT2D eigenvalue weighted by Gasteiger charge is 2.80. The molecule has 8 nitrogen and oxygen atoms in total. The molecular formula is C25H25F5N4O4. The van der Waals surface area contributed by atoms with Gasteiger partial charge in [-0.2, -0.15) is 17.6 Å². The SMILES string of the molecule is [2H]C([2H])([2H])Oc1c([C@H]2[C@H](C(=O)Nc3ccnc(N4CCNCC4=O)c3)O[C@]3(C(F)(F)F)CC[C@]23C)ccc(F)c1F. The number of ether oxygens (including phenoxy) is 2. The van der Waals surface area contributed by atoms with Crippen LogP contribution >= 0.6 is 0 Å². The fraction of sp³-hybridized carbons (Fsp3) is 0.480. The van der Waals surface area contributed by atoms with E-state index in [9.17, 15) is 31.5 Å². The summed E-state index contributed by atoms with van der Waals surface area (Å²) in [5.41, 5.74) is -5.04. The van der Waals surface area contributed by atoms with Crippen LogP contribution in [0, 0.1) is 17.0 Å². The summed E-state index contributed by atoms with van der Waals surface area (Å²) in [6.45, 7) is 2.08. The molecule has 204 valence electrons. The number of nitrogens with one attached hydrogen (secondary N) is 2. The molecule has 5 rings (SSSR count). The zero-order valence-electron chi connectivity index (χ0n) is 23.0. The van der Waals surface area contributed by atoms with Crippen molar-refractivity contribution in [2.75, 3.05) is 36.9 Å². The van der Waals surface area contributed by atoms with Gasteiger partial charge in [0.05, 0.1) is 17.7 Å². The number of rotatable bonds is 5. The fourth-order valence-corrected chi connectivity index (χ4v) is 5.81. The maximum atomic E-state index is 14.9. The number of halogens is 5. The molecule has 2 N–H and O–H groups in total. The number of pyridine rings is 1. The topological polar surface area (TPSA) is 92.8 Å². The van der Waals surface area contributed by atoms with Crippen LogP contribution in [0.3, 0.4) is 0 Å². The Kier molecular flexibility index (Phi) is 5.46. The van der Waals surface area contributed by atoms with Crippen molar-refractivity contribution >= 4 is 23.3 Å². The van der Waals surface area contributed by atoms with Crippen LogP contribution in [0.4, 0.5) is 33.5 Å². The van der Waals surface area contributed by atoms with E-state index in [1.54, 1.807) is 0 Å². The molecule has 3 aliphatic rings. The van der Waals surface area contributed by atoms with Crippen molar-refractivity contribution in [3.8, 4) is 5.75 Å². The van der Waals surface area contributed by atoms with Crippen LogP contribution < -0.4 is 20.3 Å². The molecule has 38 heavy (non-hydrogen) atoms. The van der Waals surface area contributed by atoms with E-state index in [-0.39, 0.29) is 30.4 Å². The van der Waals surface area contributed by atoms with Gasteiger partial charge in [-0.1, -0.05) is 13.0 Å². The van der Waals surface area contributed by atoms with Gasteiger partial charge in [-0.05, 0) is 25.0 Å². The van der Waals surface area contributed by atoms with Gasteiger partial charge < -0.3 is 20.1 Å². The Labute approximate surface area is 218 Å². The van der Waals surface area contributed by atoms with Gasteiger partial charge in [0, 0.05) is 47.9 Å². The average Bonchev–Trinajstić information content (AvgIpc) is 3.05. The number of alkyl halides is 3. The molecule has 0 unspecified atom stereocenters. The van der Waals surface area contributed by atoms with Gasteiger partial charge in [0.25, 0.3) is 5.91 Å². The third kappa shape index (κ3) is 3.82. The van der Waals surface area contributed by atoms with Crippen molar-refractivity contribution in [2.45, 2.75) is 43.6 Å². The van der Waals surface area contributed by atoms with Crippen LogP contribution in [0.2, 0.25) is 0 Å². The minimum absolute atomic E-state index is 0.0723. The van der Waals surface area contributed by atoms with Crippen LogP contribution in [-0.2, 0) is 14.3 Å². The zero-order valence-corrected chi connectivity index (χ0v) is 20.0. The van der Waals surface area contributed by atoms with Gasteiger partial charge in [-0.15, -0.1) is 0 Å². The van der Waals surface area contributed by atoms with Crippen LogP contribution in [0.5, 0.6) is 5.75 Å². The molecule has 2 amide bonds. The molecule has 2 aromatic rings. The number of benzene rings is 1. The molecular weight excluding hydrogens is 515 g/mol. The van der Waals surface area contributed by atoms with E-state index in [0.717, 1.165) is 6.07 Å². The Morgan fingerprint density at radius 2 is 2.11 bits per heavy atom. The highest BCUT2D eigenvalue weighted by Crippen LogP contribution is 2.71. The summed E-state index contributed by atoms with van der Waals surface area (Å²) >= 11 is 0. The summed E-state index contributed by atoms with van der Waals surface area (Å²) in [6, 6.07) is 4.25. The third-order valence-corrected chi connectivity index (χ3v) is 7.85. The number of methoxy groups -OCH3 is 1. The smallest absolute Gasteiger partial charge is 0.418 e. The maximum Gasteiger partial charge on any atom is 0.418 e. The average molecular weight is 544 g/mol. The number of carbonyl (C=O) groups excluding carboxylic acids is 2. The standard InChI is InChI=1S/C25H25F5N4O4/c1-23-6-7-24(23,25(28,29)30)38-21(18(23)14-3-4-15(26)19(27)20(14)37-2)22(36)33-13-5-8-32-16(11-13)34-10-9-31-12-17(34)35/h3-5,8,11,18,21,31H,6-7,9-10,12H2,1-2H3,(H,32,33,36)/t18-,21+,23+,24+/m0/s1/i2D3. The first kappa shape index (κ1) is 22.6. The first-order valence-corrected chi connectivity index (χ1v) is 11.8. The summed E-state index contributed by atoms with van der Waals surface area (Å²) in [6.07, 6.45) is -6.18. The van der Waals surface area contributed by atoms with Gasteiger partial charge in [-0.3, -0.25) is 14.5 Å². The largest absolute Gasteiger partial charge is 0.493 e. The normalized spacial score (nSPS) is 30.5. The number of carbonyl (C=O) groups is 2. The van der Waals surface area contributed by atoms with E-state index in [4.69, 9.17) is 13.6 Å². The van der Waals surface area contributed by atoms with Gasteiger partial charge in [0.2, 0.25) is 11.7 Å². The molecule has 2 aliphatic heterocycles. The lowest BCUT2D eigenvalue weighted by Gasteiger charge is -2.54. The summed E-state index contributed by atoms with van der Waals surface area (Å²) in [5, 5.41) is 5.39. The number of hydrogen-bond acceptors (Lipinski definition) is 6. The lowest BCUT2D eigenvalue weighted by atomic mass is 9.51. The molecule has 0 spiro atoms. The Bertz CT molecular complexity index is 1390. The number of amides is 2. The second-order valence-electron chi connectivity index (χ2n) is 9.75. The molecule has 0 radical (unpaired) electrons. The molecule has 3 heterocycles. The lowest BCUT2D eigenvalue weighted by molar-refractivity contribution is -0.328. The number of hydrogen-bond donors (Lipinski definition) is 2. The van der Waals surface area contributed by atoms with Crippen LogP contribution in [0.1, 0.15) is 35.4 Å². The van der Waals surface area contributed by atoms with Crippen LogP contribution in [-0.4, -0.2) is 61.4 Å². The number of piperazine rings is 1. The predicted octanol–water partition coefficient (Wildman–Crippen LogP) is 3.53. The van der Waals surface area contributed by atoms with Crippen molar-refractivity contribution in [1.82, 2.24) is 10.3 Å². The second kappa shape index (κ2) is 9.16. The van der Waals surface area contributed by atoms with E-state index in [1.807, 2.05) is 0 Å². The molecule has 0 bridgehead atoms. The highest BCUT2D eigenvalue weighted by molar-refractivity contribution is 5.98. The van der Waals surface area contributed by atoms with E-state index < -0.39 is 71.5 Å². The van der Waals surface area contributed by atoms with Gasteiger partial charge in [0.1, 0.15) is 11.9 Å². The fourth-order valence-electron chi connectivity index (χ4n) is 5.81. The van der Waals surface area contributed by atoms with Crippen LogP contribution in [0.15, 0.2) is 30.5 Å². The maximum absolute atomic E-state index is 14.9. The third-order valence-electron chi connectivity index (χ3n) is 7.85. The minimum Gasteiger partial charge on any atom is -0.493 e. The van der Waals surface area contributed by atoms with Crippen molar-refractivity contribution < 1.29 is 45.1 Å². The van der Waals surface area contributed by atoms with Crippen molar-refractivity contribution in [3.05, 3.63) is 47.7 Å². The van der Waals surface area contributed by atoms with E-state index in [1.165, 1.54) is 30.2 Å². The van der Waals surface area contributed by atoms with E-state index in [0.29, 0.717) is 19.2 Å². The Morgan fingerprint density at radius 1 is 1.32 bits per heavy atom. The van der Waals surface area contributed by atoms with E-state index in [2.05, 4.69) is 15.6 Å². The monoisotopic (exact) mass is 543 g/mol. The lowest BCUT2D eigenvalue weighted by Crippen LogP contribution is -2.63. The minimum atomic E-state index is -4.95. The molecule has 2 saturated heterocycles. The van der Waals surface area contributed by atoms with Crippen LogP contribution in [0.25, 0.3) is 0 Å². The number of nitrogens with zero attached hydrogens (tertiary/aromatic N) is 2. The highest BCUT2D eigenvalue weighted by atomic mass is 19.4. The first-order chi connectivity index (χ1) is 19.1. The van der Waals surface area contributed by atoms with Crippen molar-refractivity contribution in [1.29, 1.82) is 0 Å². The second-order valence-corrected chi connectivity index (χ2v) is 9.75. The number of aromatic nitrogens is 1. The quantitative estimate of drug-likeness (QED) is 0.561. The number of anilines is 2. The molecule has 1 saturated carbocycles. The van der Waals surface area contributed by atoms with Gasteiger partial charge in [0.15, 0.2) is 17.2 Å². The molecule has 1 aliphatic carbocycles. The molecule has 13 heteroatoms. The van der Waals surface area contributed by atoms with Gasteiger partial charge >= 0.3 is 6.18 Å². The Hall–Kier alpha value is -3.32. The first-order valence-electron chi connectivity index (χ1n) is 13.3. The predicted molar refractivity (Wildman–Crippen MR) is 125 cm³/mol. The summed E-state index contributed by atoms with van der Waals surface area (Å²) in [5.74, 6) is -7.03. The van der Waals surface area contributed by atoms with E-state index >= 15 is 0 Å². The summed E-state index contributed by atoms with van der Waals surface area (Å²) < 4.78 is 105.